The van der Waals surface area contributed by atoms with Gasteiger partial charge in [0.15, 0.2) is 0 Å². The molecule has 1 heteroatoms. The summed E-state index contributed by atoms with van der Waals surface area (Å²) >= 11 is 0. The van der Waals surface area contributed by atoms with E-state index in [1.165, 1.54) is 12.8 Å². The van der Waals surface area contributed by atoms with Gasteiger partial charge in [0.2, 0.25) is 0 Å². The van der Waals surface area contributed by atoms with Gasteiger partial charge >= 0.3 is 0 Å². The summed E-state index contributed by atoms with van der Waals surface area (Å²) in [6.45, 7) is 4.21. The highest BCUT2D eigenvalue weighted by molar-refractivity contribution is 4.55. The summed E-state index contributed by atoms with van der Waals surface area (Å²) in [5, 5.41) is 0. The van der Waals surface area contributed by atoms with Crippen LogP contribution in [0, 0.1) is 5.92 Å². The molecule has 0 spiro atoms. The zero-order valence-electron chi connectivity index (χ0n) is 4.81. The second-order valence-corrected chi connectivity index (χ2v) is 2.32. The first-order valence-corrected chi connectivity index (χ1v) is 2.97. The molecule has 1 aliphatic rings. The van der Waals surface area contributed by atoms with Gasteiger partial charge in [-0.25, -0.2) is 0 Å². The van der Waals surface area contributed by atoms with Gasteiger partial charge in [-0.2, -0.15) is 0 Å². The molecule has 1 rings (SSSR count). The van der Waals surface area contributed by atoms with Crippen molar-refractivity contribution in [2.24, 2.45) is 5.92 Å². The lowest BCUT2D eigenvalue weighted by molar-refractivity contribution is 0.0616. The maximum absolute atomic E-state index is 5.18. The van der Waals surface area contributed by atoms with Crippen LogP contribution < -0.4 is 0 Å². The first-order valence-electron chi connectivity index (χ1n) is 2.97. The molecule has 0 aromatic rings. The van der Waals surface area contributed by atoms with Crippen LogP contribution in [0.1, 0.15) is 19.8 Å². The smallest absolute Gasteiger partial charge is 0.0491 e. The fourth-order valence-corrected chi connectivity index (χ4v) is 0.902. The Kier molecular flexibility index (Phi) is 1.69. The monoisotopic (exact) mass is 100 g/mol. The molecular weight excluding hydrogens is 88.1 g/mol. The van der Waals surface area contributed by atoms with E-state index in [0.29, 0.717) is 0 Å². The number of hydrogen-bond acceptors (Lipinski definition) is 1. The van der Waals surface area contributed by atoms with Gasteiger partial charge in [-0.3, -0.25) is 0 Å². The molecule has 1 aliphatic heterocycles. The van der Waals surface area contributed by atoms with Crippen molar-refractivity contribution in [3.05, 3.63) is 0 Å². The van der Waals surface area contributed by atoms with E-state index in [-0.39, 0.29) is 0 Å². The maximum Gasteiger partial charge on any atom is 0.0491 e. The summed E-state index contributed by atoms with van der Waals surface area (Å²) in [5.74, 6) is 0.814. The van der Waals surface area contributed by atoms with Crippen molar-refractivity contribution in [2.75, 3.05) is 13.2 Å². The molecule has 0 aliphatic carbocycles. The van der Waals surface area contributed by atoms with E-state index in [9.17, 15) is 0 Å². The first kappa shape index (κ1) is 5.10. The molecular formula is C6H12O. The van der Waals surface area contributed by atoms with Gasteiger partial charge in [0, 0.05) is 13.2 Å². The van der Waals surface area contributed by atoms with Gasteiger partial charge in [-0.1, -0.05) is 6.92 Å². The Balaban J connectivity index is 2.12. The largest absolute Gasteiger partial charge is 0.381 e. The fraction of sp³-hybridized carbons (Fsp3) is 1.00. The lowest BCUT2D eigenvalue weighted by atomic mass is 10.1. The van der Waals surface area contributed by atoms with Crippen LogP contribution in [0.15, 0.2) is 0 Å². The Labute approximate surface area is 44.7 Å². The lowest BCUT2D eigenvalue weighted by Crippen LogP contribution is -2.13. The number of ether oxygens (including phenoxy) is 1. The number of hydrogen-bond donors (Lipinski definition) is 0. The van der Waals surface area contributed by atoms with E-state index in [0.717, 1.165) is 19.1 Å². The van der Waals surface area contributed by atoms with Gasteiger partial charge in [0.05, 0.1) is 0 Å². The van der Waals surface area contributed by atoms with E-state index in [2.05, 4.69) is 6.92 Å². The SMILES string of the molecule is C[C@H]1CCCOC1. The van der Waals surface area contributed by atoms with E-state index < -0.39 is 0 Å². The van der Waals surface area contributed by atoms with E-state index in [1.54, 1.807) is 0 Å². The summed E-state index contributed by atoms with van der Waals surface area (Å²) in [6.07, 6.45) is 2.63. The highest BCUT2D eigenvalue weighted by Gasteiger charge is 2.06. The highest BCUT2D eigenvalue weighted by atomic mass is 16.5. The van der Waals surface area contributed by atoms with Crippen molar-refractivity contribution in [1.82, 2.24) is 0 Å². The summed E-state index contributed by atoms with van der Waals surface area (Å²) in [4.78, 5) is 0. The van der Waals surface area contributed by atoms with Crippen molar-refractivity contribution in [3.8, 4) is 0 Å². The minimum atomic E-state index is 0.814. The molecule has 0 N–H and O–H groups in total. The zero-order valence-corrected chi connectivity index (χ0v) is 4.81. The molecule has 0 amide bonds. The van der Waals surface area contributed by atoms with Crippen LogP contribution in [0.25, 0.3) is 0 Å². The van der Waals surface area contributed by atoms with Crippen molar-refractivity contribution in [2.45, 2.75) is 19.8 Å². The Hall–Kier alpha value is -0.0400. The Morgan fingerprint density at radius 1 is 1.57 bits per heavy atom. The number of rotatable bonds is 0. The second-order valence-electron chi connectivity index (χ2n) is 2.32. The Bertz CT molecular complexity index is 46.1. The zero-order chi connectivity index (χ0) is 5.11. The van der Waals surface area contributed by atoms with Crippen LogP contribution in [0.5, 0.6) is 0 Å². The van der Waals surface area contributed by atoms with E-state index >= 15 is 0 Å². The standard InChI is InChI=1S/C6H12O/c1-6-3-2-4-7-5-6/h6H,2-5H2,1H3/t6-/m0/s1. The summed E-state index contributed by atoms with van der Waals surface area (Å²) in [6, 6.07) is 0. The van der Waals surface area contributed by atoms with Crippen LogP contribution in [-0.2, 0) is 4.74 Å². The third-order valence-corrected chi connectivity index (χ3v) is 1.39. The molecule has 0 unspecified atom stereocenters. The Morgan fingerprint density at radius 2 is 2.43 bits per heavy atom. The third-order valence-electron chi connectivity index (χ3n) is 1.39. The van der Waals surface area contributed by atoms with Crippen molar-refractivity contribution in [1.29, 1.82) is 0 Å². The summed E-state index contributed by atoms with van der Waals surface area (Å²) < 4.78 is 5.18. The van der Waals surface area contributed by atoms with Crippen LogP contribution >= 0.6 is 0 Å². The van der Waals surface area contributed by atoms with Gasteiger partial charge in [-0.05, 0) is 18.8 Å². The first-order chi connectivity index (χ1) is 3.39. The van der Waals surface area contributed by atoms with Gasteiger partial charge in [-0.15, -0.1) is 0 Å². The quantitative estimate of drug-likeness (QED) is 0.447. The van der Waals surface area contributed by atoms with Crippen molar-refractivity contribution in [3.63, 3.8) is 0 Å². The molecule has 1 heterocycles. The van der Waals surface area contributed by atoms with Gasteiger partial charge in [0.1, 0.15) is 0 Å². The predicted molar refractivity (Wildman–Crippen MR) is 29.2 cm³/mol. The molecule has 1 atom stereocenters. The van der Waals surface area contributed by atoms with Crippen LogP contribution in [0.4, 0.5) is 0 Å². The molecule has 7 heavy (non-hydrogen) atoms. The normalized spacial score (nSPS) is 33.0. The molecule has 0 aromatic carbocycles. The average molecular weight is 100 g/mol. The predicted octanol–water partition coefficient (Wildman–Crippen LogP) is 1.43. The molecule has 1 saturated heterocycles. The molecule has 0 radical (unpaired) electrons. The minimum Gasteiger partial charge on any atom is -0.381 e. The maximum atomic E-state index is 5.18. The third kappa shape index (κ3) is 1.48. The minimum absolute atomic E-state index is 0.814. The fourth-order valence-electron chi connectivity index (χ4n) is 0.902. The van der Waals surface area contributed by atoms with E-state index in [4.69, 9.17) is 4.74 Å². The molecule has 42 valence electrons. The second kappa shape index (κ2) is 2.31. The molecule has 1 nitrogen and oxygen atoms in total. The summed E-state index contributed by atoms with van der Waals surface area (Å²) in [7, 11) is 0. The topological polar surface area (TPSA) is 9.23 Å². The Morgan fingerprint density at radius 3 is 2.71 bits per heavy atom. The summed E-state index contributed by atoms with van der Waals surface area (Å²) in [5.41, 5.74) is 0. The van der Waals surface area contributed by atoms with Crippen molar-refractivity contribution >= 4 is 0 Å². The lowest BCUT2D eigenvalue weighted by Gasteiger charge is -2.16. The highest BCUT2D eigenvalue weighted by Crippen LogP contribution is 2.10. The molecule has 0 bridgehead atoms. The van der Waals surface area contributed by atoms with Gasteiger partial charge in [0.25, 0.3) is 0 Å². The molecule has 0 aromatic heterocycles. The average Bonchev–Trinajstić information content (AvgIpc) is 1.69. The van der Waals surface area contributed by atoms with E-state index in [1.807, 2.05) is 0 Å². The van der Waals surface area contributed by atoms with Crippen LogP contribution in [0.3, 0.4) is 0 Å². The molecule has 1 fully saturated rings. The van der Waals surface area contributed by atoms with Crippen LogP contribution in [0.2, 0.25) is 0 Å². The van der Waals surface area contributed by atoms with Crippen LogP contribution in [-0.4, -0.2) is 13.2 Å². The van der Waals surface area contributed by atoms with Crippen molar-refractivity contribution < 1.29 is 4.74 Å². The molecule has 0 saturated carbocycles. The van der Waals surface area contributed by atoms with Gasteiger partial charge < -0.3 is 4.74 Å².